The summed E-state index contributed by atoms with van der Waals surface area (Å²) >= 11 is 0. The number of carboxylic acids is 1. The Morgan fingerprint density at radius 2 is 2.26 bits per heavy atom. The fourth-order valence-corrected chi connectivity index (χ4v) is 2.65. The maximum atomic E-state index is 10.9. The zero-order chi connectivity index (χ0) is 14.0. The van der Waals surface area contributed by atoms with Crippen LogP contribution >= 0.6 is 0 Å². The molecule has 0 bridgehead atoms. The lowest BCUT2D eigenvalue weighted by atomic mass is 9.99. The molecule has 2 unspecified atom stereocenters. The molecule has 1 aliphatic rings. The summed E-state index contributed by atoms with van der Waals surface area (Å²) in [5.41, 5.74) is 7.63. The van der Waals surface area contributed by atoms with Crippen molar-refractivity contribution in [3.8, 4) is 0 Å². The molecule has 1 aliphatic heterocycles. The number of aromatic carboxylic acids is 1. The van der Waals surface area contributed by atoms with Crippen molar-refractivity contribution >= 4 is 17.3 Å². The number of hydrogen-bond acceptors (Lipinski definition) is 4. The number of nitrogens with two attached hydrogens (primary N) is 1. The van der Waals surface area contributed by atoms with Gasteiger partial charge in [-0.25, -0.2) is 4.79 Å². The summed E-state index contributed by atoms with van der Waals surface area (Å²) in [5.74, 6) is -0.954. The van der Waals surface area contributed by atoms with E-state index in [0.717, 1.165) is 25.1 Å². The van der Waals surface area contributed by atoms with Crippen LogP contribution < -0.4 is 10.6 Å². The molecule has 19 heavy (non-hydrogen) atoms. The number of anilines is 2. The second-order valence-corrected chi connectivity index (χ2v) is 5.00. The molecule has 1 fully saturated rings. The van der Waals surface area contributed by atoms with Crippen molar-refractivity contribution in [2.75, 3.05) is 24.3 Å². The maximum absolute atomic E-state index is 10.9. The molecule has 0 saturated carbocycles. The molecule has 1 heterocycles. The van der Waals surface area contributed by atoms with Crippen molar-refractivity contribution in [1.29, 1.82) is 0 Å². The van der Waals surface area contributed by atoms with Gasteiger partial charge < -0.3 is 20.5 Å². The summed E-state index contributed by atoms with van der Waals surface area (Å²) in [6.07, 6.45) is 2.21. The zero-order valence-electron chi connectivity index (χ0n) is 11.3. The number of piperidine rings is 1. The minimum absolute atomic E-state index is 0.223. The van der Waals surface area contributed by atoms with E-state index >= 15 is 0 Å². The van der Waals surface area contributed by atoms with Crippen LogP contribution in [-0.4, -0.2) is 36.9 Å². The van der Waals surface area contributed by atoms with E-state index in [1.807, 2.05) is 0 Å². The Hall–Kier alpha value is -1.75. The largest absolute Gasteiger partial charge is 0.478 e. The standard InChI is InChI=1S/C14H20N2O3/c1-9-7-11(19-2)5-6-16(9)13-4-3-10(14(17)18)8-12(13)15/h3-4,8-9,11H,5-7,15H2,1-2H3,(H,17,18). The molecule has 5 heteroatoms. The van der Waals surface area contributed by atoms with Crippen molar-refractivity contribution < 1.29 is 14.6 Å². The second kappa shape index (κ2) is 5.48. The molecule has 0 amide bonds. The van der Waals surface area contributed by atoms with Crippen LogP contribution in [0, 0.1) is 0 Å². The lowest BCUT2D eigenvalue weighted by Gasteiger charge is -2.39. The number of carboxylic acid groups (broad SMARTS) is 1. The Kier molecular flexibility index (Phi) is 3.95. The van der Waals surface area contributed by atoms with E-state index in [4.69, 9.17) is 15.6 Å². The summed E-state index contributed by atoms with van der Waals surface area (Å²) in [4.78, 5) is 13.1. The summed E-state index contributed by atoms with van der Waals surface area (Å²) in [5, 5.41) is 8.94. The first kappa shape index (κ1) is 13.7. The van der Waals surface area contributed by atoms with E-state index in [-0.39, 0.29) is 5.56 Å². The van der Waals surface area contributed by atoms with E-state index in [1.54, 1.807) is 19.2 Å². The second-order valence-electron chi connectivity index (χ2n) is 5.00. The quantitative estimate of drug-likeness (QED) is 0.816. The molecule has 0 aromatic heterocycles. The van der Waals surface area contributed by atoms with Gasteiger partial charge in [-0.05, 0) is 38.0 Å². The van der Waals surface area contributed by atoms with Gasteiger partial charge in [0.05, 0.1) is 23.0 Å². The number of rotatable bonds is 3. The van der Waals surface area contributed by atoms with Gasteiger partial charge in [0, 0.05) is 19.7 Å². The highest BCUT2D eigenvalue weighted by Crippen LogP contribution is 2.31. The van der Waals surface area contributed by atoms with Crippen LogP contribution in [0.3, 0.4) is 0 Å². The molecule has 0 spiro atoms. The van der Waals surface area contributed by atoms with Crippen LogP contribution in [0.15, 0.2) is 18.2 Å². The normalized spacial score (nSPS) is 23.4. The molecule has 2 atom stereocenters. The van der Waals surface area contributed by atoms with Gasteiger partial charge in [0.1, 0.15) is 0 Å². The van der Waals surface area contributed by atoms with E-state index < -0.39 is 5.97 Å². The Morgan fingerprint density at radius 3 is 2.79 bits per heavy atom. The van der Waals surface area contributed by atoms with Crippen molar-refractivity contribution in [2.45, 2.75) is 31.9 Å². The van der Waals surface area contributed by atoms with Crippen LogP contribution in [0.25, 0.3) is 0 Å². The van der Waals surface area contributed by atoms with Crippen LogP contribution in [0.4, 0.5) is 11.4 Å². The molecule has 1 aromatic carbocycles. The lowest BCUT2D eigenvalue weighted by Crippen LogP contribution is -2.43. The molecule has 0 radical (unpaired) electrons. The topological polar surface area (TPSA) is 75.8 Å². The van der Waals surface area contributed by atoms with Crippen LogP contribution in [-0.2, 0) is 4.74 Å². The Bertz CT molecular complexity index is 476. The molecule has 5 nitrogen and oxygen atoms in total. The number of carbonyl (C=O) groups is 1. The molecule has 0 aliphatic carbocycles. The van der Waals surface area contributed by atoms with E-state index in [2.05, 4.69) is 11.8 Å². The fourth-order valence-electron chi connectivity index (χ4n) is 2.65. The van der Waals surface area contributed by atoms with Gasteiger partial charge in [-0.3, -0.25) is 0 Å². The zero-order valence-corrected chi connectivity index (χ0v) is 11.3. The number of hydrogen-bond donors (Lipinski definition) is 2. The third-order valence-corrected chi connectivity index (χ3v) is 3.75. The van der Waals surface area contributed by atoms with Crippen molar-refractivity contribution in [3.05, 3.63) is 23.8 Å². The highest BCUT2D eigenvalue weighted by Gasteiger charge is 2.26. The van der Waals surface area contributed by atoms with E-state index in [1.165, 1.54) is 6.07 Å². The van der Waals surface area contributed by atoms with Gasteiger partial charge in [-0.15, -0.1) is 0 Å². The van der Waals surface area contributed by atoms with Gasteiger partial charge in [-0.1, -0.05) is 0 Å². The van der Waals surface area contributed by atoms with Gasteiger partial charge in [0.2, 0.25) is 0 Å². The Morgan fingerprint density at radius 1 is 1.53 bits per heavy atom. The fraction of sp³-hybridized carbons (Fsp3) is 0.500. The van der Waals surface area contributed by atoms with E-state index in [0.29, 0.717) is 17.8 Å². The summed E-state index contributed by atoms with van der Waals surface area (Å²) in [7, 11) is 1.74. The molecule has 3 N–H and O–H groups in total. The first-order chi connectivity index (χ1) is 9.02. The predicted octanol–water partition coefficient (Wildman–Crippen LogP) is 1.97. The average Bonchev–Trinajstić information content (AvgIpc) is 2.39. The summed E-state index contributed by atoms with van der Waals surface area (Å²) in [6, 6.07) is 5.25. The smallest absolute Gasteiger partial charge is 0.335 e. The molecule has 1 aromatic rings. The third kappa shape index (κ3) is 2.81. The SMILES string of the molecule is COC1CCN(c2ccc(C(=O)O)cc2N)C(C)C1. The number of benzene rings is 1. The minimum atomic E-state index is -0.954. The van der Waals surface area contributed by atoms with E-state index in [9.17, 15) is 4.79 Å². The van der Waals surface area contributed by atoms with Crippen LogP contribution in [0.2, 0.25) is 0 Å². The van der Waals surface area contributed by atoms with Gasteiger partial charge in [0.15, 0.2) is 0 Å². The van der Waals surface area contributed by atoms with Gasteiger partial charge >= 0.3 is 5.97 Å². The summed E-state index contributed by atoms with van der Waals surface area (Å²) in [6.45, 7) is 3.01. The summed E-state index contributed by atoms with van der Waals surface area (Å²) < 4.78 is 5.39. The highest BCUT2D eigenvalue weighted by molar-refractivity contribution is 5.90. The van der Waals surface area contributed by atoms with Gasteiger partial charge in [-0.2, -0.15) is 0 Å². The van der Waals surface area contributed by atoms with Crippen molar-refractivity contribution in [2.24, 2.45) is 0 Å². The van der Waals surface area contributed by atoms with Crippen LogP contribution in [0.1, 0.15) is 30.1 Å². The molecule has 104 valence electrons. The van der Waals surface area contributed by atoms with Gasteiger partial charge in [0.25, 0.3) is 0 Å². The van der Waals surface area contributed by atoms with Crippen molar-refractivity contribution in [1.82, 2.24) is 0 Å². The highest BCUT2D eigenvalue weighted by atomic mass is 16.5. The first-order valence-electron chi connectivity index (χ1n) is 6.45. The minimum Gasteiger partial charge on any atom is -0.478 e. The van der Waals surface area contributed by atoms with Crippen molar-refractivity contribution in [3.63, 3.8) is 0 Å². The number of nitrogen functional groups attached to an aromatic ring is 1. The third-order valence-electron chi connectivity index (χ3n) is 3.75. The average molecular weight is 264 g/mol. The monoisotopic (exact) mass is 264 g/mol. The molecule has 2 rings (SSSR count). The van der Waals surface area contributed by atoms with Crippen LogP contribution in [0.5, 0.6) is 0 Å². The predicted molar refractivity (Wildman–Crippen MR) is 74.7 cm³/mol. The number of ether oxygens (including phenoxy) is 1. The molecular weight excluding hydrogens is 244 g/mol. The Labute approximate surface area is 113 Å². The Balaban J connectivity index is 2.20. The molecule has 1 saturated heterocycles. The number of methoxy groups -OCH3 is 1. The molecular formula is C14H20N2O3. The first-order valence-corrected chi connectivity index (χ1v) is 6.45. The maximum Gasteiger partial charge on any atom is 0.335 e. The number of nitrogens with zero attached hydrogens (tertiary/aromatic N) is 1. The lowest BCUT2D eigenvalue weighted by molar-refractivity contribution is 0.0697.